The van der Waals surface area contributed by atoms with E-state index in [1.165, 1.54) is 10.9 Å². The van der Waals surface area contributed by atoms with E-state index in [1.54, 1.807) is 11.3 Å². The van der Waals surface area contributed by atoms with Gasteiger partial charge in [-0.3, -0.25) is 4.98 Å². The Morgan fingerprint density at radius 3 is 2.91 bits per heavy atom. The fourth-order valence-corrected chi connectivity index (χ4v) is 3.86. The number of nitrogens with zero attached hydrogens (tertiary/aromatic N) is 3. The molecule has 4 rings (SSSR count). The lowest BCUT2D eigenvalue weighted by atomic mass is 9.94. The van der Waals surface area contributed by atoms with Gasteiger partial charge in [-0.2, -0.15) is 0 Å². The summed E-state index contributed by atoms with van der Waals surface area (Å²) >= 11 is 1.63. The summed E-state index contributed by atoms with van der Waals surface area (Å²) in [4.78, 5) is 10.9. The molecule has 5 heteroatoms. The van der Waals surface area contributed by atoms with E-state index in [1.807, 2.05) is 36.0 Å². The van der Waals surface area contributed by atoms with Crippen molar-refractivity contribution in [2.75, 3.05) is 18.0 Å². The quantitative estimate of drug-likeness (QED) is 0.808. The van der Waals surface area contributed by atoms with Crippen molar-refractivity contribution in [2.24, 2.45) is 5.92 Å². The molecule has 0 saturated carbocycles. The number of pyridine rings is 1. The zero-order chi connectivity index (χ0) is 14.9. The second-order valence-corrected chi connectivity index (χ2v) is 6.61. The lowest BCUT2D eigenvalue weighted by Crippen LogP contribution is -2.20. The number of aliphatic hydroxyl groups is 1. The number of rotatable bonds is 3. The molecular formula is C17H17N3OS. The van der Waals surface area contributed by atoms with Gasteiger partial charge in [0.1, 0.15) is 0 Å². The molecule has 0 radical (unpaired) electrons. The van der Waals surface area contributed by atoms with Gasteiger partial charge < -0.3 is 10.0 Å². The topological polar surface area (TPSA) is 49.2 Å². The highest BCUT2D eigenvalue weighted by Gasteiger charge is 2.32. The van der Waals surface area contributed by atoms with E-state index < -0.39 is 0 Å². The van der Waals surface area contributed by atoms with Crippen molar-refractivity contribution in [1.82, 2.24) is 9.97 Å². The summed E-state index contributed by atoms with van der Waals surface area (Å²) in [6.45, 7) is 1.52. The Hall–Kier alpha value is -1.98. The van der Waals surface area contributed by atoms with Gasteiger partial charge >= 0.3 is 0 Å². The zero-order valence-corrected chi connectivity index (χ0v) is 12.9. The van der Waals surface area contributed by atoms with Crippen LogP contribution in [0.2, 0.25) is 0 Å². The van der Waals surface area contributed by atoms with Crippen LogP contribution in [0.5, 0.6) is 0 Å². The second-order valence-electron chi connectivity index (χ2n) is 5.74. The lowest BCUT2D eigenvalue weighted by Gasteiger charge is -2.15. The molecule has 4 nitrogen and oxygen atoms in total. The number of anilines is 1. The maximum absolute atomic E-state index is 10.4. The molecule has 1 N–H and O–H groups in total. The molecule has 0 bridgehead atoms. The fraction of sp³-hybridized carbons (Fsp3) is 0.294. The Balaban J connectivity index is 1.58. The Morgan fingerprint density at radius 2 is 2.05 bits per heavy atom. The monoisotopic (exact) mass is 311 g/mol. The fourth-order valence-electron chi connectivity index (χ4n) is 3.20. The Kier molecular flexibility index (Phi) is 3.52. The Morgan fingerprint density at radius 1 is 1.14 bits per heavy atom. The molecule has 0 unspecified atom stereocenters. The molecule has 1 saturated heterocycles. The maximum Gasteiger partial charge on any atom is 0.185 e. The Bertz CT molecular complexity index is 769. The van der Waals surface area contributed by atoms with Crippen LogP contribution in [0, 0.1) is 5.92 Å². The molecule has 112 valence electrons. The van der Waals surface area contributed by atoms with Crippen molar-refractivity contribution >= 4 is 27.4 Å². The van der Waals surface area contributed by atoms with Gasteiger partial charge in [0, 0.05) is 42.2 Å². The molecule has 1 fully saturated rings. The van der Waals surface area contributed by atoms with E-state index in [0.717, 1.165) is 23.6 Å². The van der Waals surface area contributed by atoms with Gasteiger partial charge in [0.2, 0.25) is 0 Å². The highest BCUT2D eigenvalue weighted by atomic mass is 32.1. The van der Waals surface area contributed by atoms with Crippen LogP contribution in [-0.2, 0) is 6.42 Å². The van der Waals surface area contributed by atoms with Gasteiger partial charge in [-0.25, -0.2) is 4.98 Å². The number of hydrogen-bond acceptors (Lipinski definition) is 5. The van der Waals surface area contributed by atoms with Crippen LogP contribution in [0.25, 0.3) is 10.9 Å². The van der Waals surface area contributed by atoms with Crippen molar-refractivity contribution in [3.8, 4) is 0 Å². The summed E-state index contributed by atoms with van der Waals surface area (Å²) in [6, 6.07) is 10.3. The molecule has 1 aliphatic rings. The lowest BCUT2D eigenvalue weighted by molar-refractivity contribution is 0.148. The second kappa shape index (κ2) is 5.66. The van der Waals surface area contributed by atoms with E-state index in [9.17, 15) is 5.11 Å². The first-order chi connectivity index (χ1) is 10.8. The summed E-state index contributed by atoms with van der Waals surface area (Å²) in [7, 11) is 0. The minimum absolute atomic E-state index is 0.231. The van der Waals surface area contributed by atoms with Crippen molar-refractivity contribution in [3.05, 3.63) is 53.7 Å². The first-order valence-corrected chi connectivity index (χ1v) is 8.34. The van der Waals surface area contributed by atoms with Crippen molar-refractivity contribution in [3.63, 3.8) is 0 Å². The number of β-amino-alcohol motifs (C(OH)–C–C–N with tert-alkyl or cyclic N) is 1. The summed E-state index contributed by atoms with van der Waals surface area (Å²) in [5, 5.41) is 14.6. The van der Waals surface area contributed by atoms with E-state index in [4.69, 9.17) is 0 Å². The number of aliphatic hydroxyl groups excluding tert-OH is 1. The van der Waals surface area contributed by atoms with Crippen LogP contribution in [-0.4, -0.2) is 34.3 Å². The van der Waals surface area contributed by atoms with Gasteiger partial charge in [-0.1, -0.05) is 18.2 Å². The van der Waals surface area contributed by atoms with Crippen LogP contribution >= 0.6 is 11.3 Å². The highest BCUT2D eigenvalue weighted by molar-refractivity contribution is 7.13. The smallest absolute Gasteiger partial charge is 0.185 e. The van der Waals surface area contributed by atoms with Crippen molar-refractivity contribution in [1.29, 1.82) is 0 Å². The van der Waals surface area contributed by atoms with Gasteiger partial charge in [-0.15, -0.1) is 11.3 Å². The summed E-state index contributed by atoms with van der Waals surface area (Å²) in [6.07, 6.45) is 4.23. The molecule has 22 heavy (non-hydrogen) atoms. The molecule has 0 amide bonds. The van der Waals surface area contributed by atoms with Crippen molar-refractivity contribution in [2.45, 2.75) is 12.5 Å². The number of para-hydroxylation sites is 1. The third kappa shape index (κ3) is 2.46. The average Bonchev–Trinajstić information content (AvgIpc) is 3.18. The first kappa shape index (κ1) is 13.7. The predicted molar refractivity (Wildman–Crippen MR) is 89.3 cm³/mol. The van der Waals surface area contributed by atoms with Gasteiger partial charge in [-0.05, 0) is 24.1 Å². The van der Waals surface area contributed by atoms with Crippen molar-refractivity contribution < 1.29 is 5.11 Å². The molecule has 2 aromatic heterocycles. The Labute approximate surface area is 133 Å². The van der Waals surface area contributed by atoms with E-state index in [-0.39, 0.29) is 12.0 Å². The van der Waals surface area contributed by atoms with Gasteiger partial charge in [0.15, 0.2) is 5.13 Å². The third-order valence-electron chi connectivity index (χ3n) is 4.32. The van der Waals surface area contributed by atoms with Gasteiger partial charge in [0.05, 0.1) is 11.6 Å². The number of fused-ring (bicyclic) bond motifs is 1. The molecule has 3 heterocycles. The molecule has 1 aliphatic heterocycles. The van der Waals surface area contributed by atoms with Crippen LogP contribution in [0.15, 0.2) is 48.1 Å². The third-order valence-corrected chi connectivity index (χ3v) is 5.15. The molecule has 3 aromatic rings. The number of aromatic nitrogens is 2. The van der Waals surface area contributed by atoms with Crippen LogP contribution in [0.4, 0.5) is 5.13 Å². The predicted octanol–water partition coefficient (Wildman–Crippen LogP) is 2.73. The standard InChI is InChI=1S/C17H17N3OS/c21-16-11-20(17-19-7-8-22-17)10-13(16)9-12-5-6-18-15-4-2-1-3-14(12)15/h1-8,13,16,21H,9-11H2/t13-,16+/m1/s1. The SMILES string of the molecule is O[C@H]1CN(c2nccs2)C[C@H]1Cc1ccnc2ccccc12. The number of benzene rings is 1. The normalized spacial score (nSPS) is 21.6. The van der Waals surface area contributed by atoms with Crippen LogP contribution in [0.1, 0.15) is 5.56 Å². The molecule has 2 atom stereocenters. The summed E-state index contributed by atoms with van der Waals surface area (Å²) in [5.41, 5.74) is 2.28. The minimum atomic E-state index is -0.309. The largest absolute Gasteiger partial charge is 0.391 e. The van der Waals surface area contributed by atoms with Gasteiger partial charge in [0.25, 0.3) is 0 Å². The number of thiazole rings is 1. The zero-order valence-electron chi connectivity index (χ0n) is 12.1. The highest BCUT2D eigenvalue weighted by Crippen LogP contribution is 2.29. The molecule has 1 aromatic carbocycles. The maximum atomic E-state index is 10.4. The van der Waals surface area contributed by atoms with Crippen LogP contribution in [0.3, 0.4) is 0 Å². The molecule has 0 aliphatic carbocycles. The summed E-state index contributed by atoms with van der Waals surface area (Å²) < 4.78 is 0. The van der Waals surface area contributed by atoms with E-state index in [0.29, 0.717) is 6.54 Å². The van der Waals surface area contributed by atoms with E-state index in [2.05, 4.69) is 27.0 Å². The first-order valence-electron chi connectivity index (χ1n) is 7.46. The van der Waals surface area contributed by atoms with Crippen LogP contribution < -0.4 is 4.90 Å². The minimum Gasteiger partial charge on any atom is -0.391 e. The number of hydrogen-bond donors (Lipinski definition) is 1. The summed E-state index contributed by atoms with van der Waals surface area (Å²) in [5.74, 6) is 0.231. The average molecular weight is 311 g/mol. The van der Waals surface area contributed by atoms with E-state index >= 15 is 0 Å². The molecule has 0 spiro atoms. The molecular weight excluding hydrogens is 294 g/mol.